The van der Waals surface area contributed by atoms with Crippen LogP contribution >= 0.6 is 11.8 Å². The maximum Gasteiger partial charge on any atom is 0.271 e. The van der Waals surface area contributed by atoms with Gasteiger partial charge in [-0.15, -0.1) is 10.2 Å². The highest BCUT2D eigenvalue weighted by molar-refractivity contribution is 7.99. The molecule has 0 aliphatic heterocycles. The number of carbonyl (C=O) groups is 2. The van der Waals surface area contributed by atoms with Gasteiger partial charge in [0.05, 0.1) is 27.8 Å². The highest BCUT2D eigenvalue weighted by Crippen LogP contribution is 2.23. The molecule has 34 heavy (non-hydrogen) atoms. The zero-order chi connectivity index (χ0) is 24.8. The van der Waals surface area contributed by atoms with Gasteiger partial charge in [0.1, 0.15) is 0 Å². The highest BCUT2D eigenvalue weighted by atomic mass is 32.2. The summed E-state index contributed by atoms with van der Waals surface area (Å²) in [6, 6.07) is 9.56. The predicted molar refractivity (Wildman–Crippen MR) is 122 cm³/mol. The van der Waals surface area contributed by atoms with E-state index < -0.39 is 15.8 Å². The summed E-state index contributed by atoms with van der Waals surface area (Å²) in [5.74, 6) is -0.491. The van der Waals surface area contributed by atoms with Crippen molar-refractivity contribution in [2.75, 3.05) is 11.1 Å². The predicted octanol–water partition coefficient (Wildman–Crippen LogP) is 2.60. The van der Waals surface area contributed by atoms with Gasteiger partial charge in [0.15, 0.2) is 11.0 Å². The van der Waals surface area contributed by atoms with E-state index in [4.69, 9.17) is 0 Å². The van der Waals surface area contributed by atoms with Crippen LogP contribution in [0.2, 0.25) is 0 Å². The molecule has 1 aromatic heterocycles. The Morgan fingerprint density at radius 3 is 2.47 bits per heavy atom. The molecule has 3 rings (SSSR count). The first kappa shape index (κ1) is 24.3. The molecule has 0 fully saturated rings. The van der Waals surface area contributed by atoms with Crippen molar-refractivity contribution in [3.8, 4) is 0 Å². The number of rotatable bonds is 9. The Morgan fingerprint density at radius 1 is 1.06 bits per heavy atom. The summed E-state index contributed by atoms with van der Waals surface area (Å²) in [5.41, 5.74) is 0.855. The summed E-state index contributed by atoms with van der Waals surface area (Å²) < 4.78 is 1.60. The van der Waals surface area contributed by atoms with Crippen LogP contribution in [0, 0.1) is 27.2 Å². The lowest BCUT2D eigenvalue weighted by Crippen LogP contribution is -2.24. The number of hydrogen-bond donors (Lipinski definition) is 2. The highest BCUT2D eigenvalue weighted by Gasteiger charge is 2.16. The molecular formula is C20H19N7O6S. The second kappa shape index (κ2) is 10.5. The van der Waals surface area contributed by atoms with Crippen molar-refractivity contribution in [1.82, 2.24) is 20.1 Å². The Balaban J connectivity index is 1.56. The average Bonchev–Trinajstić information content (AvgIpc) is 3.16. The van der Waals surface area contributed by atoms with Gasteiger partial charge < -0.3 is 15.2 Å². The third-order valence-electron chi connectivity index (χ3n) is 4.69. The second-order valence-electron chi connectivity index (χ2n) is 7.04. The van der Waals surface area contributed by atoms with Crippen molar-refractivity contribution >= 4 is 40.6 Å². The number of hydrogen-bond acceptors (Lipinski definition) is 9. The molecule has 0 bridgehead atoms. The van der Waals surface area contributed by atoms with E-state index >= 15 is 0 Å². The summed E-state index contributed by atoms with van der Waals surface area (Å²) in [7, 11) is 1.67. The summed E-state index contributed by atoms with van der Waals surface area (Å²) in [6.45, 7) is 1.74. The van der Waals surface area contributed by atoms with Gasteiger partial charge in [0, 0.05) is 36.9 Å². The fraction of sp³-hybridized carbons (Fsp3) is 0.200. The monoisotopic (exact) mass is 485 g/mol. The smallest absolute Gasteiger partial charge is 0.271 e. The Kier molecular flexibility index (Phi) is 7.53. The first-order valence-corrected chi connectivity index (χ1v) is 10.7. The molecule has 0 saturated heterocycles. The van der Waals surface area contributed by atoms with Crippen LogP contribution in [0.4, 0.5) is 17.1 Å². The van der Waals surface area contributed by atoms with E-state index in [-0.39, 0.29) is 35.1 Å². The van der Waals surface area contributed by atoms with E-state index in [9.17, 15) is 29.8 Å². The molecule has 3 aromatic rings. The largest absolute Gasteiger partial charge is 0.345 e. The second-order valence-corrected chi connectivity index (χ2v) is 7.98. The number of benzene rings is 2. The van der Waals surface area contributed by atoms with E-state index in [1.807, 2.05) is 0 Å². The van der Waals surface area contributed by atoms with Crippen LogP contribution in [-0.4, -0.2) is 42.2 Å². The Morgan fingerprint density at radius 2 is 1.76 bits per heavy atom. The van der Waals surface area contributed by atoms with Crippen molar-refractivity contribution in [2.24, 2.45) is 7.05 Å². The first-order valence-electron chi connectivity index (χ1n) is 9.74. The molecule has 0 unspecified atom stereocenters. The molecule has 0 radical (unpaired) electrons. The van der Waals surface area contributed by atoms with Gasteiger partial charge >= 0.3 is 0 Å². The van der Waals surface area contributed by atoms with Crippen LogP contribution in [-0.2, 0) is 18.4 Å². The van der Waals surface area contributed by atoms with E-state index in [0.717, 1.165) is 11.8 Å². The van der Waals surface area contributed by atoms with Gasteiger partial charge in [-0.1, -0.05) is 23.9 Å². The molecule has 0 saturated carbocycles. The zero-order valence-electron chi connectivity index (χ0n) is 18.0. The Hall–Kier alpha value is -4.33. The van der Waals surface area contributed by atoms with Gasteiger partial charge in [-0.25, -0.2) is 0 Å². The van der Waals surface area contributed by atoms with Crippen LogP contribution in [0.5, 0.6) is 0 Å². The number of aryl methyl sites for hydroxylation is 1. The first-order chi connectivity index (χ1) is 16.2. The number of amides is 2. The fourth-order valence-corrected chi connectivity index (χ4v) is 3.55. The third kappa shape index (κ3) is 5.92. The van der Waals surface area contributed by atoms with Crippen molar-refractivity contribution in [3.63, 3.8) is 0 Å². The van der Waals surface area contributed by atoms with E-state index in [1.54, 1.807) is 24.6 Å². The molecule has 0 atom stereocenters. The lowest BCUT2D eigenvalue weighted by atomic mass is 10.2. The number of aromatic nitrogens is 3. The molecule has 2 aromatic carbocycles. The number of nitro groups is 2. The molecule has 2 N–H and O–H groups in total. The van der Waals surface area contributed by atoms with E-state index in [1.165, 1.54) is 36.4 Å². The lowest BCUT2D eigenvalue weighted by Gasteiger charge is -2.08. The normalized spacial score (nSPS) is 10.5. The number of nitrogens with zero attached hydrogens (tertiary/aromatic N) is 5. The number of carbonyl (C=O) groups excluding carboxylic acids is 2. The van der Waals surface area contributed by atoms with Gasteiger partial charge in [-0.2, -0.15) is 0 Å². The minimum absolute atomic E-state index is 0.0185. The molecule has 0 spiro atoms. The quantitative estimate of drug-likeness (QED) is 0.262. The molecule has 14 heteroatoms. The van der Waals surface area contributed by atoms with Crippen LogP contribution in [0.1, 0.15) is 21.7 Å². The molecule has 1 heterocycles. The summed E-state index contributed by atoms with van der Waals surface area (Å²) in [5, 5.41) is 35.5. The number of non-ortho nitro benzene ring substituents is 2. The van der Waals surface area contributed by atoms with Crippen molar-refractivity contribution in [3.05, 3.63) is 79.6 Å². The minimum Gasteiger partial charge on any atom is -0.345 e. The van der Waals surface area contributed by atoms with Gasteiger partial charge in [0.2, 0.25) is 5.91 Å². The topological polar surface area (TPSA) is 175 Å². The average molecular weight is 485 g/mol. The van der Waals surface area contributed by atoms with Crippen LogP contribution in [0.3, 0.4) is 0 Å². The maximum atomic E-state index is 12.3. The SMILES string of the molecule is Cc1ccc([N+](=O)[O-])cc1NC(=O)CSc1nnc(CNC(=O)c2cccc([N+](=O)[O-])c2)n1C. The van der Waals surface area contributed by atoms with Gasteiger partial charge in [-0.05, 0) is 18.6 Å². The lowest BCUT2D eigenvalue weighted by molar-refractivity contribution is -0.385. The fourth-order valence-electron chi connectivity index (χ4n) is 2.82. The molecule has 0 aliphatic carbocycles. The zero-order valence-corrected chi connectivity index (χ0v) is 18.9. The molecule has 176 valence electrons. The molecule has 2 amide bonds. The van der Waals surface area contributed by atoms with E-state index in [0.29, 0.717) is 22.2 Å². The molecular weight excluding hydrogens is 466 g/mol. The molecule has 13 nitrogen and oxygen atoms in total. The van der Waals surface area contributed by atoms with Crippen molar-refractivity contribution in [2.45, 2.75) is 18.6 Å². The number of nitro benzene ring substituents is 2. The Labute approximate surface area is 196 Å². The minimum atomic E-state index is -0.584. The van der Waals surface area contributed by atoms with Crippen LogP contribution in [0.25, 0.3) is 0 Å². The van der Waals surface area contributed by atoms with Crippen molar-refractivity contribution < 1.29 is 19.4 Å². The Bertz CT molecular complexity index is 1280. The van der Waals surface area contributed by atoms with Crippen molar-refractivity contribution in [1.29, 1.82) is 0 Å². The summed E-state index contributed by atoms with van der Waals surface area (Å²) in [4.78, 5) is 45.3. The molecule has 0 aliphatic rings. The summed E-state index contributed by atoms with van der Waals surface area (Å²) in [6.07, 6.45) is 0. The van der Waals surface area contributed by atoms with Gasteiger partial charge in [-0.3, -0.25) is 29.8 Å². The number of nitrogens with one attached hydrogen (secondary N) is 2. The summed E-state index contributed by atoms with van der Waals surface area (Å²) >= 11 is 1.10. The van der Waals surface area contributed by atoms with Crippen LogP contribution < -0.4 is 10.6 Å². The number of anilines is 1. The number of thioether (sulfide) groups is 1. The van der Waals surface area contributed by atoms with Gasteiger partial charge in [0.25, 0.3) is 17.3 Å². The maximum absolute atomic E-state index is 12.3. The van der Waals surface area contributed by atoms with Crippen LogP contribution in [0.15, 0.2) is 47.6 Å². The third-order valence-corrected chi connectivity index (χ3v) is 5.71. The van der Waals surface area contributed by atoms with E-state index in [2.05, 4.69) is 20.8 Å². The standard InChI is InChI=1S/C20H19N7O6S/c1-12-6-7-15(27(32)33)9-16(12)22-18(28)11-34-20-24-23-17(25(20)2)10-21-19(29)13-4-3-5-14(8-13)26(30)31/h3-9H,10-11H2,1-2H3,(H,21,29)(H,22,28).